The Morgan fingerprint density at radius 3 is 2.62 bits per heavy atom. The van der Waals surface area contributed by atoms with Crippen LogP contribution in [0.5, 0.6) is 0 Å². The van der Waals surface area contributed by atoms with Crippen molar-refractivity contribution in [2.24, 2.45) is 0 Å². The summed E-state index contributed by atoms with van der Waals surface area (Å²) in [7, 11) is 0. The van der Waals surface area contributed by atoms with Gasteiger partial charge in [0.05, 0.1) is 12.2 Å². The summed E-state index contributed by atoms with van der Waals surface area (Å²) in [6.07, 6.45) is 0. The zero-order valence-corrected chi connectivity index (χ0v) is 15.3. The number of nitrogens with one attached hydrogen (secondary N) is 2. The fourth-order valence-corrected chi connectivity index (χ4v) is 4.04. The maximum Gasteiger partial charge on any atom is 0.315 e. The molecule has 3 heterocycles. The van der Waals surface area contributed by atoms with E-state index in [1.807, 2.05) is 47.5 Å². The average molecular weight is 361 g/mol. The van der Waals surface area contributed by atoms with Gasteiger partial charge in [-0.2, -0.15) is 5.10 Å². The van der Waals surface area contributed by atoms with Crippen molar-refractivity contribution in [3.8, 4) is 0 Å². The first-order valence-electron chi connectivity index (χ1n) is 7.73. The molecular weight excluding hydrogens is 340 g/mol. The zero-order valence-electron chi connectivity index (χ0n) is 13.7. The van der Waals surface area contributed by atoms with Gasteiger partial charge in [0.1, 0.15) is 6.04 Å². The molecule has 0 saturated carbocycles. The number of rotatable bonds is 6. The second kappa shape index (κ2) is 7.63. The number of thiophene rings is 2. The Bertz CT molecular complexity index is 778. The number of hydrogen-bond donors (Lipinski definition) is 2. The molecule has 0 aliphatic carbocycles. The lowest BCUT2D eigenvalue weighted by Crippen LogP contribution is -2.38. The Balaban J connectivity index is 1.64. The molecule has 0 radical (unpaired) electrons. The molecule has 24 heavy (non-hydrogen) atoms. The van der Waals surface area contributed by atoms with Gasteiger partial charge >= 0.3 is 6.03 Å². The van der Waals surface area contributed by atoms with Crippen molar-refractivity contribution in [3.63, 3.8) is 0 Å². The van der Waals surface area contributed by atoms with Crippen molar-refractivity contribution >= 4 is 28.7 Å². The van der Waals surface area contributed by atoms with Gasteiger partial charge in [-0.25, -0.2) is 4.79 Å². The topological polar surface area (TPSA) is 59.0 Å². The Morgan fingerprint density at radius 2 is 2.00 bits per heavy atom. The Kier molecular flexibility index (Phi) is 5.32. The van der Waals surface area contributed by atoms with Crippen LogP contribution in [0.2, 0.25) is 0 Å². The summed E-state index contributed by atoms with van der Waals surface area (Å²) in [5, 5.41) is 14.5. The molecule has 3 rings (SSSR count). The average Bonchev–Trinajstić information content (AvgIpc) is 3.29. The maximum atomic E-state index is 12.1. The molecule has 0 spiro atoms. The van der Waals surface area contributed by atoms with E-state index in [2.05, 4.69) is 27.9 Å². The number of hydrogen-bond acceptors (Lipinski definition) is 4. The summed E-state index contributed by atoms with van der Waals surface area (Å²) in [6, 6.07) is 9.99. The summed E-state index contributed by atoms with van der Waals surface area (Å²) < 4.78 is 1.99. The Morgan fingerprint density at radius 1 is 1.21 bits per heavy atom. The fraction of sp³-hybridized carbons (Fsp3) is 0.294. The van der Waals surface area contributed by atoms with Crippen LogP contribution in [0.15, 0.2) is 41.1 Å². The second-order valence-corrected chi connectivity index (χ2v) is 7.56. The lowest BCUT2D eigenvalue weighted by Gasteiger charge is -2.19. The maximum absolute atomic E-state index is 12.1. The molecule has 0 aliphatic rings. The lowest BCUT2D eigenvalue weighted by atomic mass is 10.2. The van der Waals surface area contributed by atoms with E-state index in [-0.39, 0.29) is 12.1 Å². The predicted molar refractivity (Wildman–Crippen MR) is 98.7 cm³/mol. The molecule has 7 heteroatoms. The van der Waals surface area contributed by atoms with Crippen molar-refractivity contribution in [1.82, 2.24) is 20.4 Å². The van der Waals surface area contributed by atoms with Gasteiger partial charge in [0.15, 0.2) is 0 Å². The smallest absolute Gasteiger partial charge is 0.315 e. The van der Waals surface area contributed by atoms with Crippen LogP contribution < -0.4 is 10.6 Å². The number of aromatic nitrogens is 2. The molecule has 5 nitrogen and oxygen atoms in total. The van der Waals surface area contributed by atoms with E-state index >= 15 is 0 Å². The minimum absolute atomic E-state index is 0.00573. The summed E-state index contributed by atoms with van der Waals surface area (Å²) in [5.74, 6) is 0. The first kappa shape index (κ1) is 16.7. The SMILES string of the molecule is Cc1cc(C)n(C(CNC(=O)NCc2cccs2)c2cccs2)n1. The van der Waals surface area contributed by atoms with Gasteiger partial charge < -0.3 is 10.6 Å². The third-order valence-electron chi connectivity index (χ3n) is 3.67. The monoisotopic (exact) mass is 360 g/mol. The lowest BCUT2D eigenvalue weighted by molar-refractivity contribution is 0.239. The summed E-state index contributed by atoms with van der Waals surface area (Å²) in [6.45, 7) is 5.07. The van der Waals surface area contributed by atoms with Gasteiger partial charge in [-0.1, -0.05) is 12.1 Å². The quantitative estimate of drug-likeness (QED) is 0.704. The molecule has 0 bridgehead atoms. The highest BCUT2D eigenvalue weighted by molar-refractivity contribution is 7.10. The van der Waals surface area contributed by atoms with Crippen molar-refractivity contribution < 1.29 is 4.79 Å². The zero-order chi connectivity index (χ0) is 16.9. The van der Waals surface area contributed by atoms with Crippen molar-refractivity contribution in [3.05, 3.63) is 62.2 Å². The third-order valence-corrected chi connectivity index (χ3v) is 5.52. The fourth-order valence-electron chi connectivity index (χ4n) is 2.58. The van der Waals surface area contributed by atoms with Crippen molar-refractivity contribution in [2.75, 3.05) is 6.54 Å². The van der Waals surface area contributed by atoms with Crippen LogP contribution in [0.1, 0.15) is 27.2 Å². The van der Waals surface area contributed by atoms with Gasteiger partial charge in [-0.3, -0.25) is 4.68 Å². The number of aryl methyl sites for hydroxylation is 2. The molecule has 0 aliphatic heterocycles. The van der Waals surface area contributed by atoms with E-state index in [4.69, 9.17) is 0 Å². The third kappa shape index (κ3) is 4.04. The van der Waals surface area contributed by atoms with E-state index in [9.17, 15) is 4.79 Å². The molecule has 126 valence electrons. The molecule has 0 aromatic carbocycles. The predicted octanol–water partition coefficient (Wildman–Crippen LogP) is 3.71. The van der Waals surface area contributed by atoms with Gasteiger partial charge in [0.2, 0.25) is 0 Å². The van der Waals surface area contributed by atoms with Gasteiger partial charge in [-0.05, 0) is 42.8 Å². The number of amides is 2. The minimum atomic E-state index is -0.161. The van der Waals surface area contributed by atoms with Crippen molar-refractivity contribution in [1.29, 1.82) is 0 Å². The molecule has 0 fully saturated rings. The van der Waals surface area contributed by atoms with E-state index in [0.29, 0.717) is 13.1 Å². The largest absolute Gasteiger partial charge is 0.336 e. The Labute approximate surface area is 149 Å². The first-order valence-corrected chi connectivity index (χ1v) is 9.49. The first-order chi connectivity index (χ1) is 11.6. The molecule has 3 aromatic heterocycles. The van der Waals surface area contributed by atoms with Crippen molar-refractivity contribution in [2.45, 2.75) is 26.4 Å². The summed E-state index contributed by atoms with van der Waals surface area (Å²) in [5.41, 5.74) is 2.07. The van der Waals surface area contributed by atoms with Crippen LogP contribution in [0.3, 0.4) is 0 Å². The summed E-state index contributed by atoms with van der Waals surface area (Å²) in [4.78, 5) is 14.4. The Hall–Kier alpha value is -2.12. The molecular formula is C17H20N4OS2. The van der Waals surface area contributed by atoms with E-state index < -0.39 is 0 Å². The van der Waals surface area contributed by atoms with Gasteiger partial charge in [0, 0.05) is 22.0 Å². The number of nitrogens with zero attached hydrogens (tertiary/aromatic N) is 2. The molecule has 2 amide bonds. The summed E-state index contributed by atoms with van der Waals surface area (Å²) >= 11 is 3.31. The van der Waals surface area contributed by atoms with Gasteiger partial charge in [0.25, 0.3) is 0 Å². The number of carbonyl (C=O) groups is 1. The van der Waals surface area contributed by atoms with Crippen LogP contribution in [0.4, 0.5) is 4.79 Å². The number of carbonyl (C=O) groups excluding carboxylic acids is 1. The van der Waals surface area contributed by atoms with Crippen LogP contribution in [-0.2, 0) is 6.54 Å². The molecule has 2 N–H and O–H groups in total. The highest BCUT2D eigenvalue weighted by Gasteiger charge is 2.19. The molecule has 1 atom stereocenters. The van der Waals surface area contributed by atoms with Gasteiger partial charge in [-0.15, -0.1) is 22.7 Å². The molecule has 1 unspecified atom stereocenters. The normalized spacial score (nSPS) is 12.1. The van der Waals surface area contributed by atoms with Crippen LogP contribution in [0, 0.1) is 13.8 Å². The van der Waals surface area contributed by atoms with E-state index in [0.717, 1.165) is 16.3 Å². The highest BCUT2D eigenvalue weighted by Crippen LogP contribution is 2.24. The second-order valence-electron chi connectivity index (χ2n) is 5.55. The van der Waals surface area contributed by atoms with Crippen LogP contribution in [0.25, 0.3) is 0 Å². The van der Waals surface area contributed by atoms with E-state index in [1.54, 1.807) is 22.7 Å². The van der Waals surface area contributed by atoms with Crippen LogP contribution in [-0.4, -0.2) is 22.4 Å². The minimum Gasteiger partial charge on any atom is -0.336 e. The van der Waals surface area contributed by atoms with E-state index in [1.165, 1.54) is 4.88 Å². The molecule has 3 aromatic rings. The standard InChI is InChI=1S/C17H20N4OS2/c1-12-9-13(2)21(20-12)15(16-6-4-8-24-16)11-19-17(22)18-10-14-5-3-7-23-14/h3-9,15H,10-11H2,1-2H3,(H2,18,19,22). The highest BCUT2D eigenvalue weighted by atomic mass is 32.1. The number of urea groups is 1. The molecule has 0 saturated heterocycles. The van der Waals surface area contributed by atoms with Crippen LogP contribution >= 0.6 is 22.7 Å².